The van der Waals surface area contributed by atoms with Gasteiger partial charge in [0.15, 0.2) is 0 Å². The average Bonchev–Trinajstić information content (AvgIpc) is 2.26. The summed E-state index contributed by atoms with van der Waals surface area (Å²) in [5.74, 6) is 0.608. The summed E-state index contributed by atoms with van der Waals surface area (Å²) in [7, 11) is 2.88. The number of methoxy groups -OCH3 is 2. The van der Waals surface area contributed by atoms with Crippen molar-refractivity contribution in [3.05, 3.63) is 17.8 Å². The van der Waals surface area contributed by atoms with Gasteiger partial charge in [-0.2, -0.15) is 0 Å². The Morgan fingerprint density at radius 1 is 1.50 bits per heavy atom. The molecule has 0 fully saturated rings. The van der Waals surface area contributed by atoms with Crippen LogP contribution in [-0.4, -0.2) is 25.7 Å². The number of alkyl halides is 1. The van der Waals surface area contributed by atoms with Crippen molar-refractivity contribution in [3.8, 4) is 11.6 Å². The molecule has 2 N–H and O–H groups in total. The predicted octanol–water partition coefficient (Wildman–Crippen LogP) is 1.07. The minimum Gasteiger partial charge on any atom is -0.496 e. The Labute approximate surface area is 81.8 Å². The maximum Gasteiger partial charge on any atom is 0.223 e. The van der Waals surface area contributed by atoms with Gasteiger partial charge in [-0.1, -0.05) is 0 Å². The standard InChI is InChI=1S/C9H13FN2O2/c1-13-7-3-4-12-9(14-2)8(7)6(10)5-11/h3-4,6H,5,11H2,1-2H3. The molecule has 0 aromatic carbocycles. The number of halogens is 1. The van der Waals surface area contributed by atoms with Crippen LogP contribution in [0.1, 0.15) is 11.7 Å². The van der Waals surface area contributed by atoms with Crippen LogP contribution in [0, 0.1) is 0 Å². The minimum absolute atomic E-state index is 0.127. The number of nitrogens with zero attached hydrogens (tertiary/aromatic N) is 1. The van der Waals surface area contributed by atoms with Crippen molar-refractivity contribution >= 4 is 0 Å². The lowest BCUT2D eigenvalue weighted by atomic mass is 10.1. The largest absolute Gasteiger partial charge is 0.496 e. The fourth-order valence-corrected chi connectivity index (χ4v) is 1.18. The molecule has 1 heterocycles. The van der Waals surface area contributed by atoms with Crippen LogP contribution in [-0.2, 0) is 0 Å². The Morgan fingerprint density at radius 2 is 2.21 bits per heavy atom. The van der Waals surface area contributed by atoms with Crippen molar-refractivity contribution in [1.29, 1.82) is 0 Å². The second-order valence-electron chi connectivity index (χ2n) is 2.64. The predicted molar refractivity (Wildman–Crippen MR) is 50.2 cm³/mol. The van der Waals surface area contributed by atoms with E-state index >= 15 is 0 Å². The second kappa shape index (κ2) is 4.76. The van der Waals surface area contributed by atoms with Crippen LogP contribution in [0.2, 0.25) is 0 Å². The maximum absolute atomic E-state index is 13.4. The lowest BCUT2D eigenvalue weighted by Crippen LogP contribution is -2.11. The molecule has 5 heteroatoms. The minimum atomic E-state index is -1.33. The van der Waals surface area contributed by atoms with Gasteiger partial charge < -0.3 is 15.2 Å². The van der Waals surface area contributed by atoms with Crippen molar-refractivity contribution in [2.75, 3.05) is 20.8 Å². The first kappa shape index (κ1) is 10.7. The summed E-state index contributed by atoms with van der Waals surface area (Å²) in [5, 5.41) is 0. The van der Waals surface area contributed by atoms with E-state index in [4.69, 9.17) is 15.2 Å². The Bertz CT molecular complexity index is 285. The molecule has 1 aromatic heterocycles. The highest BCUT2D eigenvalue weighted by molar-refractivity contribution is 5.41. The first-order valence-corrected chi connectivity index (χ1v) is 4.15. The molecule has 1 aromatic rings. The van der Waals surface area contributed by atoms with Gasteiger partial charge in [-0.25, -0.2) is 9.37 Å². The van der Waals surface area contributed by atoms with E-state index in [2.05, 4.69) is 4.98 Å². The van der Waals surface area contributed by atoms with Crippen molar-refractivity contribution in [2.24, 2.45) is 5.73 Å². The van der Waals surface area contributed by atoms with Gasteiger partial charge in [-0.15, -0.1) is 0 Å². The summed E-state index contributed by atoms with van der Waals surface area (Å²) in [4.78, 5) is 3.88. The van der Waals surface area contributed by atoms with Gasteiger partial charge in [0.25, 0.3) is 0 Å². The molecule has 0 aliphatic carbocycles. The highest BCUT2D eigenvalue weighted by Gasteiger charge is 2.19. The van der Waals surface area contributed by atoms with Gasteiger partial charge in [0, 0.05) is 12.7 Å². The lowest BCUT2D eigenvalue weighted by molar-refractivity contribution is 0.306. The molecule has 0 spiro atoms. The van der Waals surface area contributed by atoms with E-state index in [9.17, 15) is 4.39 Å². The summed E-state index contributed by atoms with van der Waals surface area (Å²) in [6, 6.07) is 1.57. The van der Waals surface area contributed by atoms with E-state index in [0.717, 1.165) is 0 Å². The molecule has 1 unspecified atom stereocenters. The molecule has 0 saturated heterocycles. The zero-order valence-corrected chi connectivity index (χ0v) is 8.16. The van der Waals surface area contributed by atoms with Crippen molar-refractivity contribution in [2.45, 2.75) is 6.17 Å². The number of hydrogen-bond donors (Lipinski definition) is 1. The molecule has 0 aliphatic rings. The Morgan fingerprint density at radius 3 is 2.71 bits per heavy atom. The highest BCUT2D eigenvalue weighted by atomic mass is 19.1. The topological polar surface area (TPSA) is 57.4 Å². The lowest BCUT2D eigenvalue weighted by Gasteiger charge is -2.13. The maximum atomic E-state index is 13.4. The molecular formula is C9H13FN2O2. The molecular weight excluding hydrogens is 187 g/mol. The summed E-state index contributed by atoms with van der Waals surface area (Å²) < 4.78 is 23.4. The molecule has 1 atom stereocenters. The molecule has 14 heavy (non-hydrogen) atoms. The van der Waals surface area contributed by atoms with Crippen LogP contribution in [0.25, 0.3) is 0 Å². The summed E-state index contributed by atoms with van der Waals surface area (Å²) in [6.07, 6.45) is 0.165. The van der Waals surface area contributed by atoms with E-state index in [1.807, 2.05) is 0 Å². The average molecular weight is 200 g/mol. The van der Waals surface area contributed by atoms with Crippen LogP contribution < -0.4 is 15.2 Å². The van der Waals surface area contributed by atoms with Crippen molar-refractivity contribution in [1.82, 2.24) is 4.98 Å². The Kier molecular flexibility index (Phi) is 3.64. The SMILES string of the molecule is COc1ccnc(OC)c1C(F)CN. The first-order chi connectivity index (χ1) is 6.74. The third-order valence-corrected chi connectivity index (χ3v) is 1.85. The summed E-state index contributed by atoms with van der Waals surface area (Å²) >= 11 is 0. The first-order valence-electron chi connectivity index (χ1n) is 4.15. The summed E-state index contributed by atoms with van der Waals surface area (Å²) in [6.45, 7) is -0.127. The van der Waals surface area contributed by atoms with E-state index < -0.39 is 6.17 Å². The van der Waals surface area contributed by atoms with Crippen molar-refractivity contribution < 1.29 is 13.9 Å². The molecule has 0 amide bonds. The Balaban J connectivity index is 3.18. The second-order valence-corrected chi connectivity index (χ2v) is 2.64. The number of aromatic nitrogens is 1. The van der Waals surface area contributed by atoms with Crippen LogP contribution in [0.5, 0.6) is 11.6 Å². The fourth-order valence-electron chi connectivity index (χ4n) is 1.18. The smallest absolute Gasteiger partial charge is 0.223 e. The van der Waals surface area contributed by atoms with Gasteiger partial charge in [0.1, 0.15) is 11.9 Å². The van der Waals surface area contributed by atoms with Crippen LogP contribution >= 0.6 is 0 Å². The fraction of sp³-hybridized carbons (Fsp3) is 0.444. The Hall–Kier alpha value is -1.36. The number of ether oxygens (including phenoxy) is 2. The molecule has 0 bridgehead atoms. The van der Waals surface area contributed by atoms with Crippen LogP contribution in [0.4, 0.5) is 4.39 Å². The summed E-state index contributed by atoms with van der Waals surface area (Å²) in [5.41, 5.74) is 5.50. The quantitative estimate of drug-likeness (QED) is 0.789. The molecule has 78 valence electrons. The zero-order chi connectivity index (χ0) is 10.6. The molecule has 0 saturated carbocycles. The molecule has 0 radical (unpaired) electrons. The third kappa shape index (κ3) is 1.93. The van der Waals surface area contributed by atoms with Gasteiger partial charge in [-0.05, 0) is 6.07 Å². The van der Waals surface area contributed by atoms with Gasteiger partial charge >= 0.3 is 0 Å². The number of pyridine rings is 1. The van der Waals surface area contributed by atoms with Gasteiger partial charge in [0.2, 0.25) is 5.88 Å². The monoisotopic (exact) mass is 200 g/mol. The number of hydrogen-bond acceptors (Lipinski definition) is 4. The molecule has 1 rings (SSSR count). The van der Waals surface area contributed by atoms with Gasteiger partial charge in [-0.3, -0.25) is 0 Å². The van der Waals surface area contributed by atoms with E-state index in [-0.39, 0.29) is 18.0 Å². The molecule has 4 nitrogen and oxygen atoms in total. The van der Waals surface area contributed by atoms with Crippen LogP contribution in [0.15, 0.2) is 12.3 Å². The van der Waals surface area contributed by atoms with E-state index in [0.29, 0.717) is 5.75 Å². The van der Waals surface area contributed by atoms with E-state index in [1.54, 1.807) is 6.07 Å². The highest BCUT2D eigenvalue weighted by Crippen LogP contribution is 2.33. The van der Waals surface area contributed by atoms with Gasteiger partial charge in [0.05, 0.1) is 19.8 Å². The normalized spacial score (nSPS) is 12.3. The zero-order valence-electron chi connectivity index (χ0n) is 8.16. The number of nitrogens with two attached hydrogens (primary N) is 1. The number of rotatable bonds is 4. The molecule has 0 aliphatic heterocycles. The van der Waals surface area contributed by atoms with Crippen molar-refractivity contribution in [3.63, 3.8) is 0 Å². The third-order valence-electron chi connectivity index (χ3n) is 1.85. The van der Waals surface area contributed by atoms with E-state index in [1.165, 1.54) is 20.4 Å². The van der Waals surface area contributed by atoms with Crippen LogP contribution in [0.3, 0.4) is 0 Å².